The van der Waals surface area contributed by atoms with Crippen LogP contribution < -0.4 is 5.32 Å². The molecule has 0 aliphatic rings. The number of nitrogens with one attached hydrogen (secondary N) is 1. The third-order valence-electron chi connectivity index (χ3n) is 3.02. The minimum absolute atomic E-state index is 0.712. The van der Waals surface area contributed by atoms with E-state index in [1.54, 1.807) is 0 Å². The van der Waals surface area contributed by atoms with Crippen molar-refractivity contribution < 1.29 is 0 Å². The van der Waals surface area contributed by atoms with Crippen LogP contribution in [-0.4, -0.2) is 22.9 Å². The fraction of sp³-hybridized carbons (Fsp3) is 0.786. The normalized spacial score (nSPS) is 13.3. The van der Waals surface area contributed by atoms with Gasteiger partial charge in [0.15, 0.2) is 0 Å². The van der Waals surface area contributed by atoms with Crippen molar-refractivity contribution in [2.45, 2.75) is 40.5 Å². The molecular formula is C14H27N3. The smallest absolute Gasteiger partial charge is 0.0596 e. The van der Waals surface area contributed by atoms with E-state index < -0.39 is 0 Å². The summed E-state index contributed by atoms with van der Waals surface area (Å²) in [5.74, 6) is 1.45. The molecule has 0 amide bonds. The fourth-order valence-corrected chi connectivity index (χ4v) is 2.05. The molecule has 1 aromatic heterocycles. The second-order valence-corrected chi connectivity index (χ2v) is 5.60. The van der Waals surface area contributed by atoms with E-state index in [4.69, 9.17) is 0 Å². The SMILES string of the molecule is Cc1cc(CC(C)CCNCC(C)C)n(C)n1. The molecule has 0 aliphatic carbocycles. The Labute approximate surface area is 106 Å². The van der Waals surface area contributed by atoms with E-state index in [-0.39, 0.29) is 0 Å². The Morgan fingerprint density at radius 3 is 2.59 bits per heavy atom. The predicted molar refractivity (Wildman–Crippen MR) is 73.1 cm³/mol. The van der Waals surface area contributed by atoms with Crippen LogP contribution >= 0.6 is 0 Å². The van der Waals surface area contributed by atoms with Gasteiger partial charge in [0.2, 0.25) is 0 Å². The van der Waals surface area contributed by atoms with Crippen molar-refractivity contribution >= 4 is 0 Å². The Bertz CT molecular complexity index is 328. The van der Waals surface area contributed by atoms with Gasteiger partial charge in [-0.05, 0) is 50.8 Å². The molecule has 0 radical (unpaired) electrons. The topological polar surface area (TPSA) is 29.9 Å². The van der Waals surface area contributed by atoms with Crippen LogP contribution in [0.25, 0.3) is 0 Å². The molecule has 1 atom stereocenters. The van der Waals surface area contributed by atoms with E-state index in [9.17, 15) is 0 Å². The summed E-state index contributed by atoms with van der Waals surface area (Å²) in [4.78, 5) is 0. The zero-order chi connectivity index (χ0) is 12.8. The van der Waals surface area contributed by atoms with Gasteiger partial charge in [0.05, 0.1) is 5.69 Å². The van der Waals surface area contributed by atoms with E-state index in [2.05, 4.69) is 44.2 Å². The first kappa shape index (κ1) is 14.2. The highest BCUT2D eigenvalue weighted by atomic mass is 15.3. The van der Waals surface area contributed by atoms with Gasteiger partial charge in [-0.25, -0.2) is 0 Å². The summed E-state index contributed by atoms with van der Waals surface area (Å²) in [6.45, 7) is 11.1. The first-order chi connectivity index (χ1) is 7.99. The lowest BCUT2D eigenvalue weighted by Crippen LogP contribution is -2.22. The average Bonchev–Trinajstić information content (AvgIpc) is 2.52. The summed E-state index contributed by atoms with van der Waals surface area (Å²) < 4.78 is 2.01. The third kappa shape index (κ3) is 5.35. The fourth-order valence-electron chi connectivity index (χ4n) is 2.05. The van der Waals surface area contributed by atoms with Gasteiger partial charge in [0, 0.05) is 12.7 Å². The Morgan fingerprint density at radius 1 is 1.35 bits per heavy atom. The molecule has 17 heavy (non-hydrogen) atoms. The lowest BCUT2D eigenvalue weighted by Gasteiger charge is -2.13. The number of rotatable bonds is 7. The zero-order valence-corrected chi connectivity index (χ0v) is 12.0. The van der Waals surface area contributed by atoms with Crippen molar-refractivity contribution in [2.75, 3.05) is 13.1 Å². The highest BCUT2D eigenvalue weighted by Gasteiger charge is 2.08. The monoisotopic (exact) mass is 237 g/mol. The van der Waals surface area contributed by atoms with Crippen molar-refractivity contribution in [1.82, 2.24) is 15.1 Å². The molecule has 0 aliphatic heterocycles. The predicted octanol–water partition coefficient (Wildman–Crippen LogP) is 2.54. The van der Waals surface area contributed by atoms with Crippen LogP contribution in [0.15, 0.2) is 6.07 Å². The van der Waals surface area contributed by atoms with Crippen LogP contribution in [0.4, 0.5) is 0 Å². The minimum atomic E-state index is 0.712. The summed E-state index contributed by atoms with van der Waals surface area (Å²) >= 11 is 0. The highest BCUT2D eigenvalue weighted by Crippen LogP contribution is 2.12. The quantitative estimate of drug-likeness (QED) is 0.739. The maximum Gasteiger partial charge on any atom is 0.0596 e. The maximum atomic E-state index is 4.38. The van der Waals surface area contributed by atoms with Crippen LogP contribution in [0, 0.1) is 18.8 Å². The van der Waals surface area contributed by atoms with Crippen molar-refractivity contribution in [2.24, 2.45) is 18.9 Å². The molecule has 0 saturated heterocycles. The first-order valence-electron chi connectivity index (χ1n) is 6.69. The number of nitrogens with zero attached hydrogens (tertiary/aromatic N) is 2. The van der Waals surface area contributed by atoms with E-state index in [1.165, 1.54) is 12.1 Å². The van der Waals surface area contributed by atoms with Crippen LogP contribution in [-0.2, 0) is 13.5 Å². The number of aromatic nitrogens is 2. The van der Waals surface area contributed by atoms with Crippen LogP contribution in [0.5, 0.6) is 0 Å². The molecule has 1 heterocycles. The molecule has 0 spiro atoms. The zero-order valence-electron chi connectivity index (χ0n) is 12.0. The van der Waals surface area contributed by atoms with Crippen molar-refractivity contribution in [3.63, 3.8) is 0 Å². The molecule has 1 N–H and O–H groups in total. The number of hydrogen-bond donors (Lipinski definition) is 1. The van der Waals surface area contributed by atoms with E-state index in [0.717, 1.165) is 31.1 Å². The Balaban J connectivity index is 2.25. The lowest BCUT2D eigenvalue weighted by atomic mass is 10.0. The van der Waals surface area contributed by atoms with E-state index >= 15 is 0 Å². The summed E-state index contributed by atoms with van der Waals surface area (Å²) in [6, 6.07) is 2.19. The molecule has 3 nitrogen and oxygen atoms in total. The molecular weight excluding hydrogens is 210 g/mol. The summed E-state index contributed by atoms with van der Waals surface area (Å²) in [6.07, 6.45) is 2.36. The maximum absolute atomic E-state index is 4.38. The summed E-state index contributed by atoms with van der Waals surface area (Å²) in [5, 5.41) is 7.88. The third-order valence-corrected chi connectivity index (χ3v) is 3.02. The summed E-state index contributed by atoms with van der Waals surface area (Å²) in [5.41, 5.74) is 2.46. The van der Waals surface area contributed by atoms with Gasteiger partial charge in [-0.1, -0.05) is 20.8 Å². The Kier molecular flexibility index (Phi) is 5.69. The van der Waals surface area contributed by atoms with Gasteiger partial charge in [-0.15, -0.1) is 0 Å². The van der Waals surface area contributed by atoms with Crippen LogP contribution in [0.2, 0.25) is 0 Å². The van der Waals surface area contributed by atoms with Crippen molar-refractivity contribution in [3.05, 3.63) is 17.5 Å². The van der Waals surface area contributed by atoms with Gasteiger partial charge >= 0.3 is 0 Å². The molecule has 0 bridgehead atoms. The van der Waals surface area contributed by atoms with Gasteiger partial charge in [0.25, 0.3) is 0 Å². The van der Waals surface area contributed by atoms with E-state index in [0.29, 0.717) is 5.92 Å². The average molecular weight is 237 g/mol. The minimum Gasteiger partial charge on any atom is -0.316 e. The Morgan fingerprint density at radius 2 is 2.06 bits per heavy atom. The molecule has 3 heteroatoms. The lowest BCUT2D eigenvalue weighted by molar-refractivity contribution is 0.465. The standard InChI is InChI=1S/C14H27N3/c1-11(2)10-15-7-6-12(3)8-14-9-13(4)16-17(14)5/h9,11-12,15H,6-8,10H2,1-5H3. The highest BCUT2D eigenvalue weighted by molar-refractivity contribution is 5.09. The molecule has 0 saturated carbocycles. The largest absolute Gasteiger partial charge is 0.316 e. The second-order valence-electron chi connectivity index (χ2n) is 5.60. The molecule has 1 unspecified atom stereocenters. The summed E-state index contributed by atoms with van der Waals surface area (Å²) in [7, 11) is 2.03. The molecule has 0 fully saturated rings. The molecule has 1 rings (SSSR count). The number of aryl methyl sites for hydroxylation is 2. The first-order valence-corrected chi connectivity index (χ1v) is 6.69. The van der Waals surface area contributed by atoms with Crippen LogP contribution in [0.1, 0.15) is 38.6 Å². The van der Waals surface area contributed by atoms with E-state index in [1.807, 2.05) is 11.7 Å². The van der Waals surface area contributed by atoms with Gasteiger partial charge in [-0.2, -0.15) is 5.10 Å². The van der Waals surface area contributed by atoms with Crippen LogP contribution in [0.3, 0.4) is 0 Å². The van der Waals surface area contributed by atoms with Crippen molar-refractivity contribution in [3.8, 4) is 0 Å². The molecule has 98 valence electrons. The van der Waals surface area contributed by atoms with Gasteiger partial charge in [0.1, 0.15) is 0 Å². The Hall–Kier alpha value is -0.830. The van der Waals surface area contributed by atoms with Gasteiger partial charge < -0.3 is 5.32 Å². The molecule has 0 aromatic carbocycles. The van der Waals surface area contributed by atoms with Gasteiger partial charge in [-0.3, -0.25) is 4.68 Å². The second kappa shape index (κ2) is 6.80. The number of hydrogen-bond acceptors (Lipinski definition) is 2. The molecule has 1 aromatic rings. The van der Waals surface area contributed by atoms with Crippen molar-refractivity contribution in [1.29, 1.82) is 0 Å².